The van der Waals surface area contributed by atoms with Crippen LogP contribution in [0.4, 0.5) is 0 Å². The minimum absolute atomic E-state index is 0.0302. The third-order valence-corrected chi connectivity index (χ3v) is 5.94. The number of nitrogens with zero attached hydrogens (tertiary/aromatic N) is 1. The van der Waals surface area contributed by atoms with Crippen molar-refractivity contribution in [2.75, 3.05) is 6.54 Å². The second-order valence-corrected chi connectivity index (χ2v) is 8.86. The van der Waals surface area contributed by atoms with Crippen LogP contribution in [-0.2, 0) is 0 Å². The van der Waals surface area contributed by atoms with Crippen LogP contribution in [0.1, 0.15) is 63.0 Å². The van der Waals surface area contributed by atoms with E-state index < -0.39 is 0 Å². The number of aryl methyl sites for hydroxylation is 1. The number of carbonyl (C=O) groups is 1. The first-order valence-corrected chi connectivity index (χ1v) is 10.8. The number of dihydropyridines is 1. The molecule has 1 amide bonds. The van der Waals surface area contributed by atoms with Crippen molar-refractivity contribution in [2.45, 2.75) is 60.0 Å². The highest BCUT2D eigenvalue weighted by Crippen LogP contribution is 2.31. The second-order valence-electron chi connectivity index (χ2n) is 7.94. The molecular weight excluding hydrogens is 414 g/mol. The fourth-order valence-electron chi connectivity index (χ4n) is 4.13. The number of nitrogens with one attached hydrogen (secondary N) is 2. The van der Waals surface area contributed by atoms with Crippen LogP contribution in [0.3, 0.4) is 0 Å². The molecule has 1 aliphatic heterocycles. The zero-order chi connectivity index (χ0) is 20.6. The molecule has 0 aliphatic carbocycles. The van der Waals surface area contributed by atoms with E-state index in [0.29, 0.717) is 12.6 Å². The van der Waals surface area contributed by atoms with Gasteiger partial charge in [0, 0.05) is 40.4 Å². The average molecular weight is 444 g/mol. The van der Waals surface area contributed by atoms with Crippen LogP contribution in [-0.4, -0.2) is 23.1 Å². The SMILES string of the molecule is CCC1=C(CNC(=O)c2cc(Br)cc3c2c(C)cn3C(C)C)C(C)NC(C)=C1. The lowest BCUT2D eigenvalue weighted by Crippen LogP contribution is -2.37. The van der Waals surface area contributed by atoms with Crippen LogP contribution in [0.2, 0.25) is 0 Å². The molecule has 2 heterocycles. The van der Waals surface area contributed by atoms with E-state index in [1.807, 2.05) is 6.07 Å². The number of hydrogen-bond acceptors (Lipinski definition) is 2. The van der Waals surface area contributed by atoms with E-state index in [-0.39, 0.29) is 11.9 Å². The first-order valence-electron chi connectivity index (χ1n) is 9.98. The Morgan fingerprint density at radius 3 is 2.68 bits per heavy atom. The summed E-state index contributed by atoms with van der Waals surface area (Å²) in [4.78, 5) is 13.2. The fourth-order valence-corrected chi connectivity index (χ4v) is 4.57. The van der Waals surface area contributed by atoms with Gasteiger partial charge >= 0.3 is 0 Å². The molecule has 0 bridgehead atoms. The van der Waals surface area contributed by atoms with E-state index >= 15 is 0 Å². The lowest BCUT2D eigenvalue weighted by atomic mass is 9.95. The van der Waals surface area contributed by atoms with Gasteiger partial charge in [0.2, 0.25) is 0 Å². The van der Waals surface area contributed by atoms with Crippen molar-refractivity contribution in [3.05, 3.63) is 56.8 Å². The minimum Gasteiger partial charge on any atom is -0.382 e. The Morgan fingerprint density at radius 1 is 1.32 bits per heavy atom. The number of allylic oxidation sites excluding steroid dienone is 3. The Labute approximate surface area is 176 Å². The van der Waals surface area contributed by atoms with Crippen LogP contribution < -0.4 is 10.6 Å². The maximum Gasteiger partial charge on any atom is 0.252 e. The predicted molar refractivity (Wildman–Crippen MR) is 121 cm³/mol. The summed E-state index contributed by atoms with van der Waals surface area (Å²) in [5.41, 5.74) is 6.68. The van der Waals surface area contributed by atoms with Gasteiger partial charge in [-0.25, -0.2) is 0 Å². The summed E-state index contributed by atoms with van der Waals surface area (Å²) >= 11 is 3.59. The largest absolute Gasteiger partial charge is 0.382 e. The van der Waals surface area contributed by atoms with Crippen molar-refractivity contribution in [1.82, 2.24) is 15.2 Å². The van der Waals surface area contributed by atoms with Gasteiger partial charge in [-0.15, -0.1) is 0 Å². The quantitative estimate of drug-likeness (QED) is 0.629. The topological polar surface area (TPSA) is 46.1 Å². The van der Waals surface area contributed by atoms with Gasteiger partial charge in [0.25, 0.3) is 5.91 Å². The van der Waals surface area contributed by atoms with Gasteiger partial charge in [-0.3, -0.25) is 4.79 Å². The second kappa shape index (κ2) is 8.16. The van der Waals surface area contributed by atoms with E-state index in [9.17, 15) is 4.79 Å². The molecule has 4 nitrogen and oxygen atoms in total. The molecule has 1 unspecified atom stereocenters. The Hall–Kier alpha value is -2.01. The molecule has 1 atom stereocenters. The molecule has 1 aliphatic rings. The summed E-state index contributed by atoms with van der Waals surface area (Å²) in [6.45, 7) is 13.3. The molecule has 3 rings (SSSR count). The van der Waals surface area contributed by atoms with Gasteiger partial charge < -0.3 is 15.2 Å². The van der Waals surface area contributed by atoms with Gasteiger partial charge in [0.15, 0.2) is 0 Å². The smallest absolute Gasteiger partial charge is 0.252 e. The molecule has 0 saturated carbocycles. The van der Waals surface area contributed by atoms with E-state index in [1.54, 1.807) is 0 Å². The number of fused-ring (bicyclic) bond motifs is 1. The van der Waals surface area contributed by atoms with Crippen LogP contribution in [0.25, 0.3) is 10.9 Å². The van der Waals surface area contributed by atoms with Crippen molar-refractivity contribution < 1.29 is 4.79 Å². The highest BCUT2D eigenvalue weighted by atomic mass is 79.9. The monoisotopic (exact) mass is 443 g/mol. The molecule has 2 aromatic rings. The summed E-state index contributed by atoms with van der Waals surface area (Å²) in [5.74, 6) is -0.0302. The molecule has 1 aromatic carbocycles. The zero-order valence-corrected chi connectivity index (χ0v) is 19.2. The van der Waals surface area contributed by atoms with Gasteiger partial charge in [-0.1, -0.05) is 22.9 Å². The van der Waals surface area contributed by atoms with Crippen molar-refractivity contribution in [1.29, 1.82) is 0 Å². The normalized spacial score (nSPS) is 17.1. The molecule has 28 heavy (non-hydrogen) atoms. The van der Waals surface area contributed by atoms with Crippen molar-refractivity contribution >= 4 is 32.7 Å². The number of amides is 1. The summed E-state index contributed by atoms with van der Waals surface area (Å²) in [6.07, 6.45) is 5.29. The maximum atomic E-state index is 13.2. The summed E-state index contributed by atoms with van der Waals surface area (Å²) in [5, 5.41) is 7.66. The van der Waals surface area contributed by atoms with Crippen LogP contribution in [0.15, 0.2) is 45.7 Å². The number of carbonyl (C=O) groups excluding carboxylic acids is 1. The molecule has 150 valence electrons. The molecular formula is C23H30BrN3O. The van der Waals surface area contributed by atoms with Gasteiger partial charge in [0.05, 0.1) is 11.1 Å². The Bertz CT molecular complexity index is 981. The van der Waals surface area contributed by atoms with Crippen molar-refractivity contribution in [3.63, 3.8) is 0 Å². The molecule has 2 N–H and O–H groups in total. The number of benzene rings is 1. The summed E-state index contributed by atoms with van der Waals surface area (Å²) in [6, 6.07) is 4.59. The minimum atomic E-state index is -0.0302. The predicted octanol–water partition coefficient (Wildman–Crippen LogP) is 5.63. The van der Waals surface area contributed by atoms with Gasteiger partial charge in [-0.2, -0.15) is 0 Å². The zero-order valence-electron chi connectivity index (χ0n) is 17.6. The Morgan fingerprint density at radius 2 is 2.04 bits per heavy atom. The highest BCUT2D eigenvalue weighted by molar-refractivity contribution is 9.10. The molecule has 5 heteroatoms. The number of hydrogen-bond donors (Lipinski definition) is 2. The molecule has 0 saturated heterocycles. The Kier molecular flexibility index (Phi) is 6.04. The molecule has 0 radical (unpaired) electrons. The molecule has 1 aromatic heterocycles. The third kappa shape index (κ3) is 3.90. The maximum absolute atomic E-state index is 13.2. The van der Waals surface area contributed by atoms with Crippen LogP contribution >= 0.6 is 15.9 Å². The number of halogens is 1. The van der Waals surface area contributed by atoms with Gasteiger partial charge in [-0.05, 0) is 76.0 Å². The molecule has 0 fully saturated rings. The average Bonchev–Trinajstić information content (AvgIpc) is 2.96. The number of rotatable bonds is 5. The first-order chi connectivity index (χ1) is 13.2. The third-order valence-electron chi connectivity index (χ3n) is 5.48. The van der Waals surface area contributed by atoms with Crippen LogP contribution in [0.5, 0.6) is 0 Å². The molecule has 0 spiro atoms. The fraction of sp³-hybridized carbons (Fsp3) is 0.435. The lowest BCUT2D eigenvalue weighted by molar-refractivity contribution is 0.0958. The summed E-state index contributed by atoms with van der Waals surface area (Å²) < 4.78 is 3.15. The Balaban J connectivity index is 1.94. The van der Waals surface area contributed by atoms with Gasteiger partial charge in [0.1, 0.15) is 0 Å². The van der Waals surface area contributed by atoms with Crippen molar-refractivity contribution in [3.8, 4) is 0 Å². The highest BCUT2D eigenvalue weighted by Gasteiger charge is 2.21. The summed E-state index contributed by atoms with van der Waals surface area (Å²) in [7, 11) is 0. The van der Waals surface area contributed by atoms with E-state index in [1.165, 1.54) is 16.8 Å². The van der Waals surface area contributed by atoms with E-state index in [4.69, 9.17) is 0 Å². The van der Waals surface area contributed by atoms with Crippen molar-refractivity contribution in [2.24, 2.45) is 0 Å². The standard InChI is InChI=1S/C23H30BrN3O/c1-7-17-8-15(5)26-16(6)20(17)11-25-23(28)19-9-18(24)10-21-22(19)14(4)12-27(21)13(2)3/h8-10,12-13,16,26H,7,11H2,1-6H3,(H,25,28). The number of aromatic nitrogens is 1. The van der Waals surface area contributed by atoms with E-state index in [2.05, 4.69) is 91.0 Å². The van der Waals surface area contributed by atoms with E-state index in [0.717, 1.165) is 32.9 Å². The van der Waals surface area contributed by atoms with Crippen LogP contribution in [0, 0.1) is 6.92 Å². The lowest BCUT2D eigenvalue weighted by Gasteiger charge is -2.27. The first kappa shape index (κ1) is 20.7.